The number of benzene rings is 1. The van der Waals surface area contributed by atoms with Crippen molar-refractivity contribution in [3.63, 3.8) is 0 Å². The quantitative estimate of drug-likeness (QED) is 0.502. The van der Waals surface area contributed by atoms with Crippen LogP contribution in [0.25, 0.3) is 0 Å². The van der Waals surface area contributed by atoms with Gasteiger partial charge in [0.2, 0.25) is 17.7 Å². The van der Waals surface area contributed by atoms with Crippen LogP contribution in [-0.2, 0) is 30.3 Å². The van der Waals surface area contributed by atoms with E-state index in [1.54, 1.807) is 14.7 Å². The van der Waals surface area contributed by atoms with E-state index < -0.39 is 17.6 Å². The van der Waals surface area contributed by atoms with Crippen molar-refractivity contribution < 1.29 is 23.9 Å². The lowest BCUT2D eigenvalue weighted by Gasteiger charge is -2.44. The van der Waals surface area contributed by atoms with Crippen LogP contribution in [0.2, 0.25) is 0 Å². The molecule has 1 aromatic rings. The van der Waals surface area contributed by atoms with Gasteiger partial charge in [-0.25, -0.2) is 4.79 Å². The summed E-state index contributed by atoms with van der Waals surface area (Å²) in [6.07, 6.45) is 3.51. The zero-order chi connectivity index (χ0) is 22.5. The Kier molecular flexibility index (Phi) is 5.03. The van der Waals surface area contributed by atoms with Crippen molar-refractivity contribution in [3.8, 4) is 0 Å². The molecule has 168 valence electrons. The van der Waals surface area contributed by atoms with Gasteiger partial charge in [-0.3, -0.25) is 14.4 Å². The minimum absolute atomic E-state index is 0.0244. The van der Waals surface area contributed by atoms with Crippen LogP contribution < -0.4 is 0 Å². The lowest BCUT2D eigenvalue weighted by molar-refractivity contribution is -0.160. The third kappa shape index (κ3) is 3.20. The number of hydrogen-bond acceptors (Lipinski definition) is 5. The molecule has 1 aromatic carbocycles. The van der Waals surface area contributed by atoms with E-state index in [1.807, 2.05) is 30.3 Å². The van der Waals surface area contributed by atoms with Crippen LogP contribution in [0.1, 0.15) is 24.8 Å². The first-order valence-corrected chi connectivity index (χ1v) is 11.2. The number of rotatable bonds is 5. The highest BCUT2D eigenvalue weighted by molar-refractivity contribution is 6.00. The topological polar surface area (TPSA) is 87.2 Å². The Morgan fingerprint density at radius 2 is 1.91 bits per heavy atom. The molecular weight excluding hydrogens is 410 g/mol. The molecule has 1 aliphatic carbocycles. The van der Waals surface area contributed by atoms with Crippen molar-refractivity contribution in [2.75, 3.05) is 26.2 Å². The molecule has 0 bridgehead atoms. The molecule has 1 saturated carbocycles. The molecule has 0 unspecified atom stereocenters. The van der Waals surface area contributed by atoms with E-state index in [1.165, 1.54) is 6.08 Å². The zero-order valence-electron chi connectivity index (χ0n) is 17.9. The Morgan fingerprint density at radius 3 is 2.59 bits per heavy atom. The molecule has 5 rings (SSSR count). The number of fused-ring (bicyclic) bond motifs is 1. The van der Waals surface area contributed by atoms with Crippen LogP contribution >= 0.6 is 0 Å². The second-order valence-corrected chi connectivity index (χ2v) is 9.08. The average molecular weight is 437 g/mol. The van der Waals surface area contributed by atoms with E-state index in [2.05, 4.69) is 6.58 Å². The fourth-order valence-electron chi connectivity index (χ4n) is 5.47. The molecule has 1 spiro atoms. The van der Waals surface area contributed by atoms with Crippen molar-refractivity contribution in [1.29, 1.82) is 0 Å². The van der Waals surface area contributed by atoms with Gasteiger partial charge in [-0.15, -0.1) is 0 Å². The van der Waals surface area contributed by atoms with Crippen LogP contribution in [0.5, 0.6) is 0 Å². The highest BCUT2D eigenvalue weighted by atomic mass is 16.5. The third-order valence-electron chi connectivity index (χ3n) is 7.32. The monoisotopic (exact) mass is 437 g/mol. The molecule has 0 aromatic heterocycles. The van der Waals surface area contributed by atoms with Crippen molar-refractivity contribution >= 4 is 23.7 Å². The van der Waals surface area contributed by atoms with Crippen LogP contribution in [0, 0.1) is 5.92 Å². The van der Waals surface area contributed by atoms with Gasteiger partial charge in [0.15, 0.2) is 0 Å². The molecule has 3 saturated heterocycles. The van der Waals surface area contributed by atoms with Crippen LogP contribution in [0.3, 0.4) is 0 Å². The number of ether oxygens (including phenoxy) is 1. The Bertz CT molecular complexity index is 973. The summed E-state index contributed by atoms with van der Waals surface area (Å²) in [6.45, 7) is 5.04. The van der Waals surface area contributed by atoms with Gasteiger partial charge in [-0.05, 0) is 30.9 Å². The number of carbonyl (C=O) groups is 4. The second kappa shape index (κ2) is 7.76. The average Bonchev–Trinajstić information content (AvgIpc) is 3.34. The molecular formula is C24H27N3O5. The smallest absolute Gasteiger partial charge is 0.329 e. The number of amides is 3. The number of likely N-dealkylation sites (tertiary alicyclic amines) is 1. The van der Waals surface area contributed by atoms with Gasteiger partial charge < -0.3 is 19.4 Å². The number of cyclic esters (lactones) is 1. The molecule has 8 nitrogen and oxygen atoms in total. The predicted octanol–water partition coefficient (Wildman–Crippen LogP) is 0.761. The number of esters is 1. The highest BCUT2D eigenvalue weighted by Gasteiger charge is 2.61. The second-order valence-electron chi connectivity index (χ2n) is 9.08. The number of nitrogens with zero attached hydrogens (tertiary/aromatic N) is 3. The zero-order valence-corrected chi connectivity index (χ0v) is 17.9. The molecule has 4 aliphatic rings. The largest absolute Gasteiger partial charge is 0.464 e. The maximum Gasteiger partial charge on any atom is 0.329 e. The summed E-state index contributed by atoms with van der Waals surface area (Å²) in [6, 6.07) is 8.30. The van der Waals surface area contributed by atoms with E-state index in [9.17, 15) is 19.2 Å². The normalized spacial score (nSPS) is 26.7. The standard InChI is InChI=1S/C24H27N3O5/c1-2-19(28)27-13-12-25(23(31)24(27)9-10-24)18(14-16-6-4-3-5-7-16)21(29)26-11-8-17-15-32-22(30)20(17)26/h2-7,17-18,20H,1,8-15H2/t17-,18-,20-/m0/s1. The lowest BCUT2D eigenvalue weighted by atomic mass is 9.98. The van der Waals surface area contributed by atoms with Crippen molar-refractivity contribution in [1.82, 2.24) is 14.7 Å². The maximum atomic E-state index is 13.8. The Morgan fingerprint density at radius 1 is 1.16 bits per heavy atom. The Balaban J connectivity index is 1.45. The Labute approximate surface area is 186 Å². The van der Waals surface area contributed by atoms with Gasteiger partial charge in [0.25, 0.3) is 0 Å². The van der Waals surface area contributed by atoms with Gasteiger partial charge in [-0.1, -0.05) is 36.9 Å². The lowest BCUT2D eigenvalue weighted by Crippen LogP contribution is -2.65. The van der Waals surface area contributed by atoms with Gasteiger partial charge in [0.05, 0.1) is 6.61 Å². The summed E-state index contributed by atoms with van der Waals surface area (Å²) in [5, 5.41) is 0. The Hall–Kier alpha value is -3.16. The first kappa shape index (κ1) is 20.7. The molecule has 3 atom stereocenters. The van der Waals surface area contributed by atoms with Crippen LogP contribution in [0.4, 0.5) is 0 Å². The van der Waals surface area contributed by atoms with Crippen molar-refractivity contribution in [2.45, 2.75) is 43.3 Å². The fraction of sp³-hybridized carbons (Fsp3) is 0.500. The summed E-state index contributed by atoms with van der Waals surface area (Å²) < 4.78 is 5.19. The van der Waals surface area contributed by atoms with Crippen LogP contribution in [0.15, 0.2) is 43.0 Å². The molecule has 3 heterocycles. The van der Waals surface area contributed by atoms with Gasteiger partial charge in [-0.2, -0.15) is 0 Å². The first-order valence-electron chi connectivity index (χ1n) is 11.2. The van der Waals surface area contributed by atoms with E-state index in [0.29, 0.717) is 39.0 Å². The first-order chi connectivity index (χ1) is 15.5. The highest BCUT2D eigenvalue weighted by Crippen LogP contribution is 2.46. The summed E-state index contributed by atoms with van der Waals surface area (Å²) in [5.41, 5.74) is 0.0799. The molecule has 32 heavy (non-hydrogen) atoms. The number of carbonyl (C=O) groups excluding carboxylic acids is 4. The van der Waals surface area contributed by atoms with Crippen LogP contribution in [-0.4, -0.2) is 82.3 Å². The van der Waals surface area contributed by atoms with Gasteiger partial charge in [0, 0.05) is 32.0 Å². The molecule has 4 fully saturated rings. The number of piperazine rings is 1. The molecule has 8 heteroatoms. The van der Waals surface area contributed by atoms with Crippen molar-refractivity contribution in [2.24, 2.45) is 5.92 Å². The maximum absolute atomic E-state index is 13.8. The predicted molar refractivity (Wildman–Crippen MR) is 114 cm³/mol. The fourth-order valence-corrected chi connectivity index (χ4v) is 5.47. The van der Waals surface area contributed by atoms with Gasteiger partial charge >= 0.3 is 5.97 Å². The van der Waals surface area contributed by atoms with E-state index in [4.69, 9.17) is 4.74 Å². The summed E-state index contributed by atoms with van der Waals surface area (Å²) in [5.74, 6) is -0.981. The number of hydrogen-bond donors (Lipinski definition) is 0. The summed E-state index contributed by atoms with van der Waals surface area (Å²) in [4.78, 5) is 56.9. The minimum atomic E-state index is -0.863. The van der Waals surface area contributed by atoms with E-state index in [0.717, 1.165) is 12.0 Å². The molecule has 3 aliphatic heterocycles. The SMILES string of the molecule is C=CC(=O)N1CCN([C@@H](Cc2ccccc2)C(=O)N2CC[C@H]3COC(=O)[C@H]32)C(=O)C12CC2. The minimum Gasteiger partial charge on any atom is -0.464 e. The summed E-state index contributed by atoms with van der Waals surface area (Å²) in [7, 11) is 0. The van der Waals surface area contributed by atoms with Crippen molar-refractivity contribution in [3.05, 3.63) is 48.6 Å². The van der Waals surface area contributed by atoms with E-state index >= 15 is 0 Å². The van der Waals surface area contributed by atoms with Gasteiger partial charge in [0.1, 0.15) is 17.6 Å². The third-order valence-corrected chi connectivity index (χ3v) is 7.32. The molecule has 3 amide bonds. The molecule has 0 N–H and O–H groups in total. The molecule has 0 radical (unpaired) electrons. The van der Waals surface area contributed by atoms with E-state index in [-0.39, 0.29) is 36.2 Å². The summed E-state index contributed by atoms with van der Waals surface area (Å²) >= 11 is 0.